The lowest BCUT2D eigenvalue weighted by molar-refractivity contribution is 0.346. The van der Waals surface area contributed by atoms with Gasteiger partial charge in [0.15, 0.2) is 11.5 Å². The Labute approximate surface area is 125 Å². The summed E-state index contributed by atoms with van der Waals surface area (Å²) in [5, 5.41) is 4.36. The highest BCUT2D eigenvalue weighted by Crippen LogP contribution is 2.47. The van der Waals surface area contributed by atoms with Crippen molar-refractivity contribution in [2.75, 3.05) is 27.1 Å². The molecule has 0 spiro atoms. The van der Waals surface area contributed by atoms with Crippen LogP contribution in [0.5, 0.6) is 17.2 Å². The van der Waals surface area contributed by atoms with E-state index in [-0.39, 0.29) is 0 Å². The van der Waals surface area contributed by atoms with Gasteiger partial charge in [-0.15, -0.1) is 0 Å². The number of nitrogens with two attached hydrogens (primary N) is 1. The number of ether oxygens (including phenoxy) is 3. The van der Waals surface area contributed by atoms with E-state index in [0.29, 0.717) is 33.2 Å². The first-order valence-corrected chi connectivity index (χ1v) is 6.61. The third kappa shape index (κ3) is 2.29. The molecule has 108 valence electrons. The minimum atomic E-state index is 0.563. The van der Waals surface area contributed by atoms with Gasteiger partial charge in [0.2, 0.25) is 0 Å². The Morgan fingerprint density at radius 1 is 1.10 bits per heavy atom. The fourth-order valence-corrected chi connectivity index (χ4v) is 2.67. The van der Waals surface area contributed by atoms with Crippen LogP contribution in [0, 0.1) is 0 Å². The molecule has 1 heterocycles. The molecule has 20 heavy (non-hydrogen) atoms. The van der Waals surface area contributed by atoms with Crippen molar-refractivity contribution in [3.05, 3.63) is 16.6 Å². The summed E-state index contributed by atoms with van der Waals surface area (Å²) in [4.78, 5) is 0. The van der Waals surface area contributed by atoms with E-state index in [1.54, 1.807) is 39.1 Å². The maximum atomic E-state index is 5.83. The number of methoxy groups -OCH3 is 3. The molecule has 7 heteroatoms. The highest BCUT2D eigenvalue weighted by atomic mass is 79.9. The molecule has 0 aliphatic rings. The molecule has 0 amide bonds. The summed E-state index contributed by atoms with van der Waals surface area (Å²) in [6.07, 6.45) is 0. The van der Waals surface area contributed by atoms with E-state index in [9.17, 15) is 0 Å². The van der Waals surface area contributed by atoms with Gasteiger partial charge in [0.05, 0.1) is 27.0 Å². The number of nitrogen functional groups attached to an aromatic ring is 1. The number of rotatable bonds is 4. The van der Waals surface area contributed by atoms with Crippen LogP contribution in [0.2, 0.25) is 0 Å². The Bertz CT molecular complexity index is 621. The van der Waals surface area contributed by atoms with Crippen LogP contribution in [0.4, 0.5) is 5.82 Å². The average Bonchev–Trinajstić information content (AvgIpc) is 2.77. The van der Waals surface area contributed by atoms with Gasteiger partial charge in [-0.25, -0.2) is 0 Å². The van der Waals surface area contributed by atoms with Gasteiger partial charge in [-0.05, 0) is 22.0 Å². The molecular formula is C13H16BrN3O3. The molecule has 1 aromatic carbocycles. The molecule has 0 radical (unpaired) electrons. The number of benzene rings is 1. The smallest absolute Gasteiger partial charge is 0.178 e. The maximum Gasteiger partial charge on any atom is 0.178 e. The number of nitrogens with zero attached hydrogens (tertiary/aromatic N) is 2. The van der Waals surface area contributed by atoms with Crippen LogP contribution in [-0.4, -0.2) is 31.1 Å². The van der Waals surface area contributed by atoms with Gasteiger partial charge < -0.3 is 19.9 Å². The summed E-state index contributed by atoms with van der Waals surface area (Å²) in [6.45, 7) is 0. The van der Waals surface area contributed by atoms with Crippen molar-refractivity contribution in [1.29, 1.82) is 0 Å². The zero-order chi connectivity index (χ0) is 14.9. The van der Waals surface area contributed by atoms with Crippen LogP contribution in [0.3, 0.4) is 0 Å². The SMILES string of the molecule is COc1cc(-c2cc(N)n(C)n2)c(OC)c(Br)c1OC. The molecule has 0 saturated heterocycles. The standard InChI is InChI=1S/C13H16BrN3O3/c1-17-10(15)6-8(16-17)7-5-9(18-2)13(20-4)11(14)12(7)19-3/h5-6H,15H2,1-4H3. The van der Waals surface area contributed by atoms with Crippen molar-refractivity contribution in [2.24, 2.45) is 7.05 Å². The predicted octanol–water partition coefficient (Wildman–Crippen LogP) is 2.46. The Hall–Kier alpha value is -1.89. The van der Waals surface area contributed by atoms with E-state index in [1.165, 1.54) is 0 Å². The van der Waals surface area contributed by atoms with Gasteiger partial charge in [-0.3, -0.25) is 4.68 Å². The molecule has 2 aromatic rings. The fraction of sp³-hybridized carbons (Fsp3) is 0.308. The van der Waals surface area contributed by atoms with Crippen LogP contribution in [-0.2, 0) is 7.05 Å². The van der Waals surface area contributed by atoms with E-state index in [4.69, 9.17) is 19.9 Å². The van der Waals surface area contributed by atoms with Crippen molar-refractivity contribution in [3.8, 4) is 28.5 Å². The minimum absolute atomic E-state index is 0.563. The molecule has 0 unspecified atom stereocenters. The minimum Gasteiger partial charge on any atom is -0.495 e. The van der Waals surface area contributed by atoms with Crippen molar-refractivity contribution in [3.63, 3.8) is 0 Å². The number of hydrogen-bond donors (Lipinski definition) is 1. The zero-order valence-electron chi connectivity index (χ0n) is 11.7. The Morgan fingerprint density at radius 2 is 1.75 bits per heavy atom. The van der Waals surface area contributed by atoms with Crippen molar-refractivity contribution in [2.45, 2.75) is 0 Å². The Kier molecular flexibility index (Phi) is 4.08. The second-order valence-electron chi connectivity index (χ2n) is 4.08. The van der Waals surface area contributed by atoms with Gasteiger partial charge in [0, 0.05) is 18.7 Å². The molecule has 0 aliphatic carbocycles. The summed E-state index contributed by atoms with van der Waals surface area (Å²) in [5.74, 6) is 2.32. The maximum absolute atomic E-state index is 5.83. The topological polar surface area (TPSA) is 71.5 Å². The first-order valence-electron chi connectivity index (χ1n) is 5.81. The third-order valence-corrected chi connectivity index (χ3v) is 3.68. The van der Waals surface area contributed by atoms with Crippen molar-refractivity contribution >= 4 is 21.7 Å². The number of aryl methyl sites for hydroxylation is 1. The Balaban J connectivity index is 2.71. The van der Waals surface area contributed by atoms with Gasteiger partial charge in [0.1, 0.15) is 16.0 Å². The van der Waals surface area contributed by atoms with E-state index in [1.807, 2.05) is 6.07 Å². The van der Waals surface area contributed by atoms with Crippen molar-refractivity contribution < 1.29 is 14.2 Å². The summed E-state index contributed by atoms with van der Waals surface area (Å²) >= 11 is 3.47. The van der Waals surface area contributed by atoms with E-state index < -0.39 is 0 Å². The van der Waals surface area contributed by atoms with E-state index in [2.05, 4.69) is 21.0 Å². The van der Waals surface area contributed by atoms with E-state index in [0.717, 1.165) is 5.56 Å². The number of halogens is 1. The van der Waals surface area contributed by atoms with Gasteiger partial charge in [-0.2, -0.15) is 5.10 Å². The lowest BCUT2D eigenvalue weighted by atomic mass is 10.1. The summed E-state index contributed by atoms with van der Waals surface area (Å²) in [5.41, 5.74) is 7.29. The number of anilines is 1. The molecule has 2 N–H and O–H groups in total. The largest absolute Gasteiger partial charge is 0.495 e. The van der Waals surface area contributed by atoms with Crippen LogP contribution in [0.15, 0.2) is 16.6 Å². The first-order chi connectivity index (χ1) is 9.53. The fourth-order valence-electron chi connectivity index (χ4n) is 1.94. The summed E-state index contributed by atoms with van der Waals surface area (Å²) < 4.78 is 18.4. The van der Waals surface area contributed by atoms with Crippen LogP contribution >= 0.6 is 15.9 Å². The second kappa shape index (κ2) is 5.62. The quantitative estimate of drug-likeness (QED) is 0.924. The highest BCUT2D eigenvalue weighted by Gasteiger charge is 2.21. The normalized spacial score (nSPS) is 10.4. The van der Waals surface area contributed by atoms with Crippen LogP contribution in [0.25, 0.3) is 11.3 Å². The molecule has 0 atom stereocenters. The third-order valence-electron chi connectivity index (χ3n) is 2.96. The van der Waals surface area contributed by atoms with Gasteiger partial charge in [0.25, 0.3) is 0 Å². The molecule has 0 bridgehead atoms. The number of aromatic nitrogens is 2. The van der Waals surface area contributed by atoms with Gasteiger partial charge >= 0.3 is 0 Å². The van der Waals surface area contributed by atoms with Crippen LogP contribution < -0.4 is 19.9 Å². The van der Waals surface area contributed by atoms with Crippen LogP contribution in [0.1, 0.15) is 0 Å². The summed E-state index contributed by atoms with van der Waals surface area (Å²) in [6, 6.07) is 3.58. The molecule has 2 rings (SSSR count). The lowest BCUT2D eigenvalue weighted by Gasteiger charge is -2.15. The average molecular weight is 342 g/mol. The molecule has 0 fully saturated rings. The number of hydrogen-bond acceptors (Lipinski definition) is 5. The molecule has 0 saturated carbocycles. The van der Waals surface area contributed by atoms with Gasteiger partial charge in [-0.1, -0.05) is 0 Å². The van der Waals surface area contributed by atoms with E-state index >= 15 is 0 Å². The highest BCUT2D eigenvalue weighted by molar-refractivity contribution is 9.10. The molecule has 6 nitrogen and oxygen atoms in total. The Morgan fingerprint density at radius 3 is 2.20 bits per heavy atom. The zero-order valence-corrected chi connectivity index (χ0v) is 13.3. The molecule has 0 aliphatic heterocycles. The van der Waals surface area contributed by atoms with Crippen molar-refractivity contribution in [1.82, 2.24) is 9.78 Å². The molecule has 1 aromatic heterocycles. The monoisotopic (exact) mass is 341 g/mol. The lowest BCUT2D eigenvalue weighted by Crippen LogP contribution is -1.98. The summed E-state index contributed by atoms with van der Waals surface area (Å²) in [7, 11) is 6.51. The molecular weight excluding hydrogens is 326 g/mol. The second-order valence-corrected chi connectivity index (χ2v) is 4.88. The predicted molar refractivity (Wildman–Crippen MR) is 80.4 cm³/mol. The first kappa shape index (κ1) is 14.5.